The highest BCUT2D eigenvalue weighted by Crippen LogP contribution is 2.33. The van der Waals surface area contributed by atoms with Gasteiger partial charge in [-0.15, -0.1) is 0 Å². The average Bonchev–Trinajstić information content (AvgIpc) is 2.72. The van der Waals surface area contributed by atoms with Crippen LogP contribution in [-0.2, 0) is 14.6 Å². The molecule has 1 aliphatic rings. The minimum Gasteiger partial charge on any atom is -0.383 e. The fourth-order valence-electron chi connectivity index (χ4n) is 1.88. The zero-order valence-electron chi connectivity index (χ0n) is 9.23. The van der Waals surface area contributed by atoms with Crippen molar-refractivity contribution in [3.05, 3.63) is 6.20 Å². The van der Waals surface area contributed by atoms with E-state index >= 15 is 0 Å². The monoisotopic (exact) mass is 245 g/mol. The van der Waals surface area contributed by atoms with Crippen LogP contribution in [0.2, 0.25) is 0 Å². The normalized spacial score (nSPS) is 24.8. The number of ether oxygens (including phenoxy) is 1. The van der Waals surface area contributed by atoms with E-state index in [-0.39, 0.29) is 17.3 Å². The van der Waals surface area contributed by atoms with Crippen molar-refractivity contribution in [3.63, 3.8) is 0 Å². The lowest BCUT2D eigenvalue weighted by atomic mass is 10.1. The summed E-state index contributed by atoms with van der Waals surface area (Å²) in [5, 5.41) is 5.51. The van der Waals surface area contributed by atoms with Gasteiger partial charge >= 0.3 is 0 Å². The number of anilines is 1. The highest BCUT2D eigenvalue weighted by molar-refractivity contribution is 7.92. The molecule has 0 spiro atoms. The highest BCUT2D eigenvalue weighted by Gasteiger charge is 2.41. The van der Waals surface area contributed by atoms with E-state index in [1.165, 1.54) is 6.20 Å². The standard InChI is InChI=1S/C9H15N3O3S/c1-9(2)3-6(5-15-9)16(13,14)7-4-11-12-8(7)10/h4,6H,3,5H2,1-2H3,(H3,10,11,12). The number of hydrogen-bond donors (Lipinski definition) is 2. The molecule has 3 N–H and O–H groups in total. The molecule has 0 radical (unpaired) electrons. The third-order valence-corrected chi connectivity index (χ3v) is 4.88. The van der Waals surface area contributed by atoms with Crippen LogP contribution in [0, 0.1) is 0 Å². The maximum absolute atomic E-state index is 12.2. The van der Waals surface area contributed by atoms with Crippen molar-refractivity contribution >= 4 is 15.7 Å². The lowest BCUT2D eigenvalue weighted by Crippen LogP contribution is -2.24. The molecule has 6 nitrogen and oxygen atoms in total. The van der Waals surface area contributed by atoms with Gasteiger partial charge in [0.05, 0.1) is 23.7 Å². The number of nitrogens with two attached hydrogens (primary N) is 1. The molecule has 7 heteroatoms. The summed E-state index contributed by atoms with van der Waals surface area (Å²) in [6.45, 7) is 3.96. The van der Waals surface area contributed by atoms with Gasteiger partial charge < -0.3 is 10.5 Å². The van der Waals surface area contributed by atoms with Crippen LogP contribution < -0.4 is 5.73 Å². The van der Waals surface area contributed by atoms with Crippen molar-refractivity contribution in [3.8, 4) is 0 Å². The molecular weight excluding hydrogens is 230 g/mol. The summed E-state index contributed by atoms with van der Waals surface area (Å²) >= 11 is 0. The van der Waals surface area contributed by atoms with Gasteiger partial charge in [0.15, 0.2) is 9.84 Å². The number of sulfone groups is 1. The van der Waals surface area contributed by atoms with E-state index in [0.29, 0.717) is 6.42 Å². The van der Waals surface area contributed by atoms with Gasteiger partial charge in [0.1, 0.15) is 10.7 Å². The molecule has 0 aromatic carbocycles. The second kappa shape index (κ2) is 3.46. The Hall–Kier alpha value is -1.08. The molecule has 1 aromatic rings. The van der Waals surface area contributed by atoms with Crippen LogP contribution in [0.1, 0.15) is 20.3 Å². The molecule has 1 saturated heterocycles. The fourth-order valence-corrected chi connectivity index (χ4v) is 3.65. The van der Waals surface area contributed by atoms with Crippen molar-refractivity contribution in [1.82, 2.24) is 10.2 Å². The van der Waals surface area contributed by atoms with Gasteiger partial charge in [0.25, 0.3) is 0 Å². The number of nitrogens with one attached hydrogen (secondary N) is 1. The summed E-state index contributed by atoms with van der Waals surface area (Å²) < 4.78 is 29.8. The maximum atomic E-state index is 12.2. The number of aromatic nitrogens is 2. The van der Waals surface area contributed by atoms with Crippen LogP contribution in [0.15, 0.2) is 11.1 Å². The molecule has 0 saturated carbocycles. The Morgan fingerprint density at radius 1 is 1.62 bits per heavy atom. The molecule has 2 rings (SSSR count). The summed E-state index contributed by atoms with van der Waals surface area (Å²) in [4.78, 5) is 0.0683. The Kier molecular flexibility index (Phi) is 2.47. The first-order chi connectivity index (χ1) is 7.33. The average molecular weight is 245 g/mol. The molecule has 16 heavy (non-hydrogen) atoms. The van der Waals surface area contributed by atoms with Crippen LogP contribution in [-0.4, -0.2) is 36.1 Å². The molecule has 0 bridgehead atoms. The van der Waals surface area contributed by atoms with Gasteiger partial charge in [-0.2, -0.15) is 5.10 Å². The third-order valence-electron chi connectivity index (χ3n) is 2.76. The minimum absolute atomic E-state index is 0.0683. The Balaban J connectivity index is 2.32. The second-order valence-electron chi connectivity index (χ2n) is 4.59. The molecule has 90 valence electrons. The van der Waals surface area contributed by atoms with E-state index in [0.717, 1.165) is 0 Å². The van der Waals surface area contributed by atoms with E-state index in [2.05, 4.69) is 10.2 Å². The Morgan fingerprint density at radius 3 is 2.75 bits per heavy atom. The third kappa shape index (κ3) is 1.80. The molecule has 1 unspecified atom stereocenters. The Bertz CT molecular complexity index is 492. The van der Waals surface area contributed by atoms with Crippen LogP contribution >= 0.6 is 0 Å². The number of aromatic amines is 1. The molecule has 1 aromatic heterocycles. The summed E-state index contributed by atoms with van der Waals surface area (Å²) in [6, 6.07) is 0. The van der Waals surface area contributed by atoms with Gasteiger partial charge in [-0.05, 0) is 20.3 Å². The first kappa shape index (κ1) is 11.4. The van der Waals surface area contributed by atoms with Gasteiger partial charge in [-0.3, -0.25) is 5.10 Å². The topological polar surface area (TPSA) is 98.1 Å². The number of nitrogens with zero attached hydrogens (tertiary/aromatic N) is 1. The quantitative estimate of drug-likeness (QED) is 0.782. The van der Waals surface area contributed by atoms with Gasteiger partial charge in [0, 0.05) is 0 Å². The summed E-state index contributed by atoms with van der Waals surface area (Å²) in [5.41, 5.74) is 5.13. The van der Waals surface area contributed by atoms with Crippen LogP contribution in [0.5, 0.6) is 0 Å². The van der Waals surface area contributed by atoms with Gasteiger partial charge in [-0.1, -0.05) is 0 Å². The minimum atomic E-state index is -3.44. The van der Waals surface area contributed by atoms with Crippen LogP contribution in [0.3, 0.4) is 0 Å². The number of H-pyrrole nitrogens is 1. The lowest BCUT2D eigenvalue weighted by molar-refractivity contribution is 0.0368. The zero-order chi connectivity index (χ0) is 12.0. The predicted octanol–water partition coefficient (Wildman–Crippen LogP) is 0.333. The van der Waals surface area contributed by atoms with E-state index in [4.69, 9.17) is 10.5 Å². The number of nitrogen functional groups attached to an aromatic ring is 1. The first-order valence-corrected chi connectivity index (χ1v) is 6.54. The van der Waals surface area contributed by atoms with E-state index in [9.17, 15) is 8.42 Å². The lowest BCUT2D eigenvalue weighted by Gasteiger charge is -2.15. The molecule has 0 aliphatic carbocycles. The first-order valence-electron chi connectivity index (χ1n) is 5.00. The van der Waals surface area contributed by atoms with Gasteiger partial charge in [0.2, 0.25) is 0 Å². The van der Waals surface area contributed by atoms with Crippen molar-refractivity contribution in [2.75, 3.05) is 12.3 Å². The van der Waals surface area contributed by atoms with Crippen molar-refractivity contribution in [2.24, 2.45) is 0 Å². The largest absolute Gasteiger partial charge is 0.383 e. The summed E-state index contributed by atoms with van der Waals surface area (Å²) in [5.74, 6) is 0.0877. The molecule has 1 aliphatic heterocycles. The van der Waals surface area contributed by atoms with E-state index in [1.807, 2.05) is 13.8 Å². The zero-order valence-corrected chi connectivity index (χ0v) is 10.0. The number of hydrogen-bond acceptors (Lipinski definition) is 5. The number of rotatable bonds is 2. The Morgan fingerprint density at radius 2 is 2.31 bits per heavy atom. The molecule has 2 heterocycles. The molecule has 0 amide bonds. The van der Waals surface area contributed by atoms with E-state index in [1.54, 1.807) is 0 Å². The van der Waals surface area contributed by atoms with E-state index < -0.39 is 20.7 Å². The van der Waals surface area contributed by atoms with Crippen molar-refractivity contribution in [2.45, 2.75) is 36.0 Å². The maximum Gasteiger partial charge on any atom is 0.188 e. The molecule has 1 atom stereocenters. The predicted molar refractivity (Wildman–Crippen MR) is 58.6 cm³/mol. The molecule has 1 fully saturated rings. The summed E-state index contributed by atoms with van der Waals surface area (Å²) in [6.07, 6.45) is 1.72. The van der Waals surface area contributed by atoms with Crippen LogP contribution in [0.25, 0.3) is 0 Å². The van der Waals surface area contributed by atoms with Crippen LogP contribution in [0.4, 0.5) is 5.82 Å². The summed E-state index contributed by atoms with van der Waals surface area (Å²) in [7, 11) is -3.44. The highest BCUT2D eigenvalue weighted by atomic mass is 32.2. The van der Waals surface area contributed by atoms with Crippen molar-refractivity contribution in [1.29, 1.82) is 0 Å². The fraction of sp³-hybridized carbons (Fsp3) is 0.667. The van der Waals surface area contributed by atoms with Gasteiger partial charge in [-0.25, -0.2) is 8.42 Å². The smallest absolute Gasteiger partial charge is 0.188 e. The molecular formula is C9H15N3O3S. The SMILES string of the molecule is CC1(C)CC(S(=O)(=O)c2cn[nH]c2N)CO1. The Labute approximate surface area is 94.1 Å². The van der Waals surface area contributed by atoms with Crippen molar-refractivity contribution < 1.29 is 13.2 Å². The second-order valence-corrected chi connectivity index (χ2v) is 6.79.